The summed E-state index contributed by atoms with van der Waals surface area (Å²) in [5, 5.41) is 34.2. The molecule has 0 saturated heterocycles. The van der Waals surface area contributed by atoms with Gasteiger partial charge in [0.15, 0.2) is 0 Å². The van der Waals surface area contributed by atoms with Crippen LogP contribution in [0.4, 0.5) is 0 Å². The SMILES string of the molecule is CCC(C)C(NC(=O)C(CC(C)C)NC(=O)C(N)CCC(=O)O)C(=O)NC(CCC(=O)O)C(=O)O. The highest BCUT2D eigenvalue weighted by molar-refractivity contribution is 5.94. The number of aliphatic carboxylic acids is 3. The van der Waals surface area contributed by atoms with E-state index in [1.165, 1.54) is 0 Å². The van der Waals surface area contributed by atoms with Crippen molar-refractivity contribution in [1.82, 2.24) is 16.0 Å². The zero-order valence-electron chi connectivity index (χ0n) is 20.6. The van der Waals surface area contributed by atoms with Crippen LogP contribution in [0, 0.1) is 11.8 Å². The lowest BCUT2D eigenvalue weighted by Gasteiger charge is -2.28. The maximum atomic E-state index is 13.0. The molecule has 0 saturated carbocycles. The molecule has 8 N–H and O–H groups in total. The van der Waals surface area contributed by atoms with Gasteiger partial charge in [0, 0.05) is 12.8 Å². The molecule has 200 valence electrons. The van der Waals surface area contributed by atoms with Crippen LogP contribution in [0.15, 0.2) is 0 Å². The average molecular weight is 503 g/mol. The van der Waals surface area contributed by atoms with Gasteiger partial charge in [-0.1, -0.05) is 34.1 Å². The van der Waals surface area contributed by atoms with Crippen molar-refractivity contribution in [2.75, 3.05) is 0 Å². The first-order valence-corrected chi connectivity index (χ1v) is 11.5. The number of carbonyl (C=O) groups excluding carboxylic acids is 3. The topological polar surface area (TPSA) is 225 Å². The van der Waals surface area contributed by atoms with Gasteiger partial charge in [-0.15, -0.1) is 0 Å². The van der Waals surface area contributed by atoms with Gasteiger partial charge in [0.25, 0.3) is 0 Å². The van der Waals surface area contributed by atoms with Crippen molar-refractivity contribution in [2.45, 2.75) is 90.4 Å². The summed E-state index contributed by atoms with van der Waals surface area (Å²) in [5.41, 5.74) is 5.73. The van der Waals surface area contributed by atoms with Crippen LogP contribution in [-0.2, 0) is 28.8 Å². The lowest BCUT2D eigenvalue weighted by Crippen LogP contribution is -2.58. The van der Waals surface area contributed by atoms with Crippen molar-refractivity contribution >= 4 is 35.6 Å². The maximum Gasteiger partial charge on any atom is 0.326 e. The molecule has 0 aromatic carbocycles. The molecule has 0 spiro atoms. The van der Waals surface area contributed by atoms with E-state index in [1.807, 2.05) is 13.8 Å². The smallest absolute Gasteiger partial charge is 0.326 e. The molecule has 0 aromatic heterocycles. The van der Waals surface area contributed by atoms with E-state index in [0.29, 0.717) is 6.42 Å². The van der Waals surface area contributed by atoms with Crippen LogP contribution in [0.2, 0.25) is 0 Å². The molecule has 0 fully saturated rings. The van der Waals surface area contributed by atoms with E-state index in [0.717, 1.165) is 0 Å². The van der Waals surface area contributed by atoms with Gasteiger partial charge in [-0.25, -0.2) is 4.79 Å². The minimum Gasteiger partial charge on any atom is -0.481 e. The van der Waals surface area contributed by atoms with Crippen LogP contribution >= 0.6 is 0 Å². The number of nitrogens with two attached hydrogens (primary N) is 1. The average Bonchev–Trinajstić information content (AvgIpc) is 2.76. The Labute approximate surface area is 204 Å². The number of carboxylic acids is 3. The fraction of sp³-hybridized carbons (Fsp3) is 0.727. The van der Waals surface area contributed by atoms with Crippen molar-refractivity contribution in [3.63, 3.8) is 0 Å². The van der Waals surface area contributed by atoms with Crippen LogP contribution in [0.5, 0.6) is 0 Å². The Balaban J connectivity index is 5.54. The normalized spacial score (nSPS) is 15.3. The summed E-state index contributed by atoms with van der Waals surface area (Å²) < 4.78 is 0. The number of carbonyl (C=O) groups is 6. The first-order valence-electron chi connectivity index (χ1n) is 11.5. The lowest BCUT2D eigenvalue weighted by molar-refractivity contribution is -0.144. The molecule has 0 heterocycles. The predicted molar refractivity (Wildman–Crippen MR) is 124 cm³/mol. The van der Waals surface area contributed by atoms with Crippen molar-refractivity contribution in [3.8, 4) is 0 Å². The van der Waals surface area contributed by atoms with Gasteiger partial charge in [0.1, 0.15) is 18.1 Å². The molecule has 35 heavy (non-hydrogen) atoms. The van der Waals surface area contributed by atoms with E-state index in [9.17, 15) is 33.9 Å². The Morgan fingerprint density at radius 3 is 1.71 bits per heavy atom. The molecule has 0 aliphatic heterocycles. The quantitative estimate of drug-likeness (QED) is 0.137. The van der Waals surface area contributed by atoms with Crippen molar-refractivity contribution in [2.24, 2.45) is 17.6 Å². The van der Waals surface area contributed by atoms with E-state index < -0.39 is 72.1 Å². The zero-order chi connectivity index (χ0) is 27.3. The summed E-state index contributed by atoms with van der Waals surface area (Å²) >= 11 is 0. The second-order valence-corrected chi connectivity index (χ2v) is 8.93. The maximum absolute atomic E-state index is 13.0. The van der Waals surface area contributed by atoms with Crippen LogP contribution in [0.1, 0.15) is 66.2 Å². The highest BCUT2D eigenvalue weighted by Gasteiger charge is 2.33. The number of rotatable bonds is 17. The second kappa shape index (κ2) is 15.6. The molecular formula is C22H38N4O9. The van der Waals surface area contributed by atoms with Crippen molar-refractivity contribution < 1.29 is 44.1 Å². The lowest BCUT2D eigenvalue weighted by atomic mass is 9.96. The van der Waals surface area contributed by atoms with Crippen molar-refractivity contribution in [3.05, 3.63) is 0 Å². The van der Waals surface area contributed by atoms with E-state index >= 15 is 0 Å². The molecule has 0 bridgehead atoms. The van der Waals surface area contributed by atoms with Crippen LogP contribution in [-0.4, -0.2) is 75.1 Å². The summed E-state index contributed by atoms with van der Waals surface area (Å²) in [6.45, 7) is 7.07. The Hall–Kier alpha value is -3.22. The van der Waals surface area contributed by atoms with Gasteiger partial charge in [-0.2, -0.15) is 0 Å². The van der Waals surface area contributed by atoms with Crippen molar-refractivity contribution in [1.29, 1.82) is 0 Å². The number of hydrogen-bond donors (Lipinski definition) is 7. The largest absolute Gasteiger partial charge is 0.481 e. The number of hydrogen-bond acceptors (Lipinski definition) is 7. The predicted octanol–water partition coefficient (Wildman–Crippen LogP) is -0.325. The molecular weight excluding hydrogens is 464 g/mol. The van der Waals surface area contributed by atoms with Gasteiger partial charge in [-0.05, 0) is 31.1 Å². The second-order valence-electron chi connectivity index (χ2n) is 8.93. The minimum absolute atomic E-state index is 0.0374. The first kappa shape index (κ1) is 31.8. The Morgan fingerprint density at radius 2 is 1.26 bits per heavy atom. The molecule has 13 heteroatoms. The van der Waals surface area contributed by atoms with Gasteiger partial charge in [0.05, 0.1) is 6.04 Å². The zero-order valence-corrected chi connectivity index (χ0v) is 20.6. The van der Waals surface area contributed by atoms with E-state index in [1.54, 1.807) is 13.8 Å². The molecule has 0 aliphatic carbocycles. The monoisotopic (exact) mass is 502 g/mol. The third-order valence-electron chi connectivity index (χ3n) is 5.40. The van der Waals surface area contributed by atoms with Gasteiger partial charge >= 0.3 is 17.9 Å². The van der Waals surface area contributed by atoms with Crippen LogP contribution in [0.3, 0.4) is 0 Å². The van der Waals surface area contributed by atoms with Gasteiger partial charge in [-0.3, -0.25) is 24.0 Å². The third kappa shape index (κ3) is 12.7. The molecule has 0 radical (unpaired) electrons. The standard InChI is InChI=1S/C22H38N4O9/c1-5-12(4)18(21(33)24-14(22(34)35)7-9-17(29)30)26-20(32)15(10-11(2)3)25-19(31)13(23)6-8-16(27)28/h11-15,18H,5-10,23H2,1-4H3,(H,24,33)(H,25,31)(H,26,32)(H,27,28)(H,29,30)(H,34,35). The summed E-state index contributed by atoms with van der Waals surface area (Å²) in [6, 6.07) is -4.82. The highest BCUT2D eigenvalue weighted by atomic mass is 16.4. The van der Waals surface area contributed by atoms with E-state index in [2.05, 4.69) is 16.0 Å². The fourth-order valence-corrected chi connectivity index (χ4v) is 3.13. The summed E-state index contributed by atoms with van der Waals surface area (Å²) in [5.74, 6) is -6.38. The summed E-state index contributed by atoms with van der Waals surface area (Å²) in [6.07, 6.45) is -0.596. The molecule has 5 unspecified atom stereocenters. The van der Waals surface area contributed by atoms with E-state index in [-0.39, 0.29) is 31.6 Å². The molecule has 5 atom stereocenters. The summed E-state index contributed by atoms with van der Waals surface area (Å²) in [4.78, 5) is 71.3. The Morgan fingerprint density at radius 1 is 0.743 bits per heavy atom. The van der Waals surface area contributed by atoms with Gasteiger partial charge in [0.2, 0.25) is 17.7 Å². The Bertz CT molecular complexity index is 772. The molecule has 3 amide bonds. The Kier molecular flexibility index (Phi) is 14.2. The molecule has 13 nitrogen and oxygen atoms in total. The number of amides is 3. The highest BCUT2D eigenvalue weighted by Crippen LogP contribution is 2.12. The third-order valence-corrected chi connectivity index (χ3v) is 5.40. The first-order chi connectivity index (χ1) is 16.2. The number of carboxylic acid groups (broad SMARTS) is 3. The van der Waals surface area contributed by atoms with Crippen LogP contribution < -0.4 is 21.7 Å². The molecule has 0 aliphatic rings. The summed E-state index contributed by atoms with van der Waals surface area (Å²) in [7, 11) is 0. The minimum atomic E-state index is -1.46. The van der Waals surface area contributed by atoms with E-state index in [4.69, 9.17) is 15.9 Å². The van der Waals surface area contributed by atoms with Crippen LogP contribution in [0.25, 0.3) is 0 Å². The number of nitrogens with one attached hydrogen (secondary N) is 3. The molecule has 0 rings (SSSR count). The fourth-order valence-electron chi connectivity index (χ4n) is 3.13. The molecule has 0 aromatic rings. The van der Waals surface area contributed by atoms with Gasteiger partial charge < -0.3 is 37.0 Å².